The van der Waals surface area contributed by atoms with Crippen LogP contribution in [0.25, 0.3) is 0 Å². The van der Waals surface area contributed by atoms with E-state index in [1.807, 2.05) is 38.1 Å². The van der Waals surface area contributed by atoms with Crippen LogP contribution in [0.2, 0.25) is 0 Å². The van der Waals surface area contributed by atoms with Gasteiger partial charge in [-0.3, -0.25) is 9.59 Å². The third-order valence-electron chi connectivity index (χ3n) is 4.75. The summed E-state index contributed by atoms with van der Waals surface area (Å²) in [5, 5.41) is 3.30. The van der Waals surface area contributed by atoms with Crippen LogP contribution in [0.1, 0.15) is 35.6 Å². The van der Waals surface area contributed by atoms with Crippen LogP contribution in [0, 0.1) is 20.8 Å². The fourth-order valence-electron chi connectivity index (χ4n) is 3.48. The van der Waals surface area contributed by atoms with Crippen molar-refractivity contribution in [3.05, 3.63) is 58.7 Å². The van der Waals surface area contributed by atoms with E-state index in [-0.39, 0.29) is 18.2 Å². The number of carbonyl (C=O) groups excluding carboxylic acids is 2. The zero-order chi connectivity index (χ0) is 18.1. The lowest BCUT2D eigenvalue weighted by atomic mass is 10.0. The van der Waals surface area contributed by atoms with Crippen molar-refractivity contribution >= 4 is 23.2 Å². The van der Waals surface area contributed by atoms with Crippen molar-refractivity contribution in [2.45, 2.75) is 46.6 Å². The molecule has 1 atom stereocenters. The van der Waals surface area contributed by atoms with Gasteiger partial charge in [0.1, 0.15) is 6.04 Å². The Morgan fingerprint density at radius 1 is 1.04 bits per heavy atom. The number of amides is 2. The fourth-order valence-corrected chi connectivity index (χ4v) is 3.48. The Bertz CT molecular complexity index is 801. The molecule has 0 saturated carbocycles. The standard InChI is InChI=1S/C21H24N2O2/c1-5-16-6-8-17(9-7-16)23-19(24)12-18(21(23)25)22-20-14(3)10-13(2)11-15(20)4/h6-11,18,22H,5,12H2,1-4H3/t18-/m0/s1. The van der Waals surface area contributed by atoms with Crippen molar-refractivity contribution in [1.29, 1.82) is 0 Å². The number of imide groups is 1. The molecule has 1 heterocycles. The Kier molecular flexibility index (Phi) is 4.62. The van der Waals surface area contributed by atoms with E-state index < -0.39 is 6.04 Å². The highest BCUT2D eigenvalue weighted by Crippen LogP contribution is 2.28. The lowest BCUT2D eigenvalue weighted by molar-refractivity contribution is -0.121. The molecule has 4 heteroatoms. The molecule has 0 aliphatic carbocycles. The number of rotatable bonds is 4. The van der Waals surface area contributed by atoms with E-state index in [2.05, 4.69) is 31.3 Å². The Morgan fingerprint density at radius 2 is 1.64 bits per heavy atom. The van der Waals surface area contributed by atoms with Gasteiger partial charge < -0.3 is 5.32 Å². The molecule has 2 amide bonds. The minimum absolute atomic E-state index is 0.158. The van der Waals surface area contributed by atoms with Crippen LogP contribution in [-0.4, -0.2) is 17.9 Å². The first-order valence-corrected chi connectivity index (χ1v) is 8.70. The van der Waals surface area contributed by atoms with Crippen molar-refractivity contribution in [3.8, 4) is 0 Å². The highest BCUT2D eigenvalue weighted by Gasteiger charge is 2.39. The van der Waals surface area contributed by atoms with Crippen LogP contribution < -0.4 is 10.2 Å². The predicted molar refractivity (Wildman–Crippen MR) is 101 cm³/mol. The van der Waals surface area contributed by atoms with Crippen LogP contribution in [0.5, 0.6) is 0 Å². The summed E-state index contributed by atoms with van der Waals surface area (Å²) in [6.45, 7) is 8.17. The molecule has 4 nitrogen and oxygen atoms in total. The predicted octanol–water partition coefficient (Wildman–Crippen LogP) is 3.92. The molecule has 1 aliphatic heterocycles. The topological polar surface area (TPSA) is 49.4 Å². The van der Waals surface area contributed by atoms with Gasteiger partial charge in [-0.25, -0.2) is 4.90 Å². The normalized spacial score (nSPS) is 17.3. The third-order valence-corrected chi connectivity index (χ3v) is 4.75. The molecular formula is C21H24N2O2. The highest BCUT2D eigenvalue weighted by atomic mass is 16.2. The highest BCUT2D eigenvalue weighted by molar-refractivity contribution is 6.23. The van der Waals surface area contributed by atoms with Gasteiger partial charge in [-0.05, 0) is 56.0 Å². The Labute approximate surface area is 148 Å². The average molecular weight is 336 g/mol. The summed E-state index contributed by atoms with van der Waals surface area (Å²) < 4.78 is 0. The second kappa shape index (κ2) is 6.71. The van der Waals surface area contributed by atoms with Gasteiger partial charge in [-0.2, -0.15) is 0 Å². The molecule has 2 aromatic carbocycles. The summed E-state index contributed by atoms with van der Waals surface area (Å²) in [7, 11) is 0. The number of aryl methyl sites for hydroxylation is 4. The van der Waals surface area contributed by atoms with Gasteiger partial charge in [-0.15, -0.1) is 0 Å². The molecule has 3 rings (SSSR count). The van der Waals surface area contributed by atoms with Gasteiger partial charge in [0.2, 0.25) is 5.91 Å². The molecule has 0 aromatic heterocycles. The minimum atomic E-state index is -0.515. The van der Waals surface area contributed by atoms with Crippen molar-refractivity contribution in [2.75, 3.05) is 10.2 Å². The van der Waals surface area contributed by atoms with Crippen LogP contribution in [0.3, 0.4) is 0 Å². The molecule has 2 aromatic rings. The number of carbonyl (C=O) groups is 2. The smallest absolute Gasteiger partial charge is 0.256 e. The van der Waals surface area contributed by atoms with Crippen LogP contribution in [0.4, 0.5) is 11.4 Å². The molecule has 1 aliphatic rings. The molecule has 1 saturated heterocycles. The molecule has 0 radical (unpaired) electrons. The lowest BCUT2D eigenvalue weighted by Gasteiger charge is -2.19. The number of benzene rings is 2. The summed E-state index contributed by atoms with van der Waals surface area (Å²) in [6.07, 6.45) is 1.11. The van der Waals surface area contributed by atoms with E-state index >= 15 is 0 Å². The lowest BCUT2D eigenvalue weighted by Crippen LogP contribution is -2.35. The quantitative estimate of drug-likeness (QED) is 0.861. The Morgan fingerprint density at radius 3 is 2.20 bits per heavy atom. The van der Waals surface area contributed by atoms with Crippen molar-refractivity contribution in [2.24, 2.45) is 0 Å². The summed E-state index contributed by atoms with van der Waals surface area (Å²) in [5.74, 6) is -0.345. The number of hydrogen-bond acceptors (Lipinski definition) is 3. The van der Waals surface area contributed by atoms with Gasteiger partial charge in [0.05, 0.1) is 12.1 Å². The molecule has 0 spiro atoms. The SMILES string of the molecule is CCc1ccc(N2C(=O)C[C@H](Nc3c(C)cc(C)cc3C)C2=O)cc1. The molecule has 25 heavy (non-hydrogen) atoms. The second-order valence-electron chi connectivity index (χ2n) is 6.76. The maximum absolute atomic E-state index is 12.8. The Hall–Kier alpha value is -2.62. The summed E-state index contributed by atoms with van der Waals surface area (Å²) in [6, 6.07) is 11.3. The van der Waals surface area contributed by atoms with Gasteiger partial charge in [0.25, 0.3) is 5.91 Å². The van der Waals surface area contributed by atoms with E-state index in [9.17, 15) is 9.59 Å². The zero-order valence-corrected chi connectivity index (χ0v) is 15.2. The monoisotopic (exact) mass is 336 g/mol. The minimum Gasteiger partial charge on any atom is -0.373 e. The molecule has 0 unspecified atom stereocenters. The van der Waals surface area contributed by atoms with E-state index in [1.54, 1.807) is 0 Å². The second-order valence-corrected chi connectivity index (χ2v) is 6.76. The van der Waals surface area contributed by atoms with Crippen LogP contribution in [0.15, 0.2) is 36.4 Å². The van der Waals surface area contributed by atoms with Crippen LogP contribution >= 0.6 is 0 Å². The van der Waals surface area contributed by atoms with E-state index in [4.69, 9.17) is 0 Å². The Balaban J connectivity index is 1.84. The number of nitrogens with zero attached hydrogens (tertiary/aromatic N) is 1. The first kappa shape index (κ1) is 17.2. The summed E-state index contributed by atoms with van der Waals surface area (Å²) in [5.41, 5.74) is 6.14. The van der Waals surface area contributed by atoms with Crippen molar-refractivity contribution < 1.29 is 9.59 Å². The molecule has 130 valence electrons. The van der Waals surface area contributed by atoms with E-state index in [0.717, 1.165) is 23.2 Å². The number of anilines is 2. The molecule has 1 fully saturated rings. The van der Waals surface area contributed by atoms with Crippen LogP contribution in [-0.2, 0) is 16.0 Å². The van der Waals surface area contributed by atoms with Gasteiger partial charge in [0, 0.05) is 5.69 Å². The van der Waals surface area contributed by atoms with Gasteiger partial charge >= 0.3 is 0 Å². The molecular weight excluding hydrogens is 312 g/mol. The molecule has 0 bridgehead atoms. The van der Waals surface area contributed by atoms with Crippen molar-refractivity contribution in [3.63, 3.8) is 0 Å². The number of hydrogen-bond donors (Lipinski definition) is 1. The fraction of sp³-hybridized carbons (Fsp3) is 0.333. The number of nitrogens with one attached hydrogen (secondary N) is 1. The largest absolute Gasteiger partial charge is 0.373 e. The third kappa shape index (κ3) is 3.29. The van der Waals surface area contributed by atoms with E-state index in [0.29, 0.717) is 5.69 Å². The van der Waals surface area contributed by atoms with E-state index in [1.165, 1.54) is 16.0 Å². The van der Waals surface area contributed by atoms with Gasteiger partial charge in [0.15, 0.2) is 0 Å². The molecule has 1 N–H and O–H groups in total. The maximum Gasteiger partial charge on any atom is 0.256 e. The maximum atomic E-state index is 12.8. The zero-order valence-electron chi connectivity index (χ0n) is 15.2. The van der Waals surface area contributed by atoms with Gasteiger partial charge in [-0.1, -0.05) is 36.8 Å². The first-order valence-electron chi connectivity index (χ1n) is 8.70. The average Bonchev–Trinajstić information content (AvgIpc) is 2.85. The summed E-state index contributed by atoms with van der Waals surface area (Å²) >= 11 is 0. The summed E-state index contributed by atoms with van der Waals surface area (Å²) in [4.78, 5) is 26.5. The first-order chi connectivity index (χ1) is 11.9. The van der Waals surface area contributed by atoms with Crippen molar-refractivity contribution in [1.82, 2.24) is 0 Å².